The Hall–Kier alpha value is -1.89. The van der Waals surface area contributed by atoms with Gasteiger partial charge in [0.05, 0.1) is 31.5 Å². The number of aromatic nitrogens is 2. The molecular weight excluding hydrogens is 355 g/mol. The van der Waals surface area contributed by atoms with Crippen LogP contribution in [0.4, 0.5) is 11.5 Å². The van der Waals surface area contributed by atoms with E-state index in [1.807, 2.05) is 19.9 Å². The number of fused-ring (bicyclic) bond motifs is 1. The number of carbonyl (C=O) groups is 1. The average Bonchev–Trinajstić information content (AvgIpc) is 2.95. The minimum absolute atomic E-state index is 0.344. The number of thiophene rings is 1. The molecule has 0 bridgehead atoms. The maximum Gasteiger partial charge on any atom is 0.258 e. The second-order valence-corrected chi connectivity index (χ2v) is 6.69. The summed E-state index contributed by atoms with van der Waals surface area (Å²) in [5, 5.41) is 5.30. The molecule has 0 aliphatic carbocycles. The maximum absolute atomic E-state index is 12.6. The Balaban J connectivity index is 2.04. The van der Waals surface area contributed by atoms with Crippen molar-refractivity contribution in [2.45, 2.75) is 13.8 Å². The second-order valence-electron chi connectivity index (χ2n) is 5.05. The number of rotatable bonds is 2. The summed E-state index contributed by atoms with van der Waals surface area (Å²) in [4.78, 5) is 20.7. The summed E-state index contributed by atoms with van der Waals surface area (Å²) < 4.78 is 0.676. The molecule has 3 rings (SSSR count). The summed E-state index contributed by atoms with van der Waals surface area (Å²) in [5.74, 6) is 0.00432. The van der Waals surface area contributed by atoms with Gasteiger partial charge in [-0.15, -0.1) is 11.3 Å². The number of amides is 1. The molecule has 1 aromatic carbocycles. The molecule has 2 aromatic heterocycles. The zero-order valence-corrected chi connectivity index (χ0v) is 14.6. The van der Waals surface area contributed by atoms with Crippen LogP contribution < -0.4 is 11.1 Å². The van der Waals surface area contributed by atoms with Gasteiger partial charge in [0.1, 0.15) is 12.1 Å². The van der Waals surface area contributed by atoms with Crippen LogP contribution in [0.5, 0.6) is 0 Å². The van der Waals surface area contributed by atoms with Crippen LogP contribution in [0.2, 0.25) is 10.0 Å². The van der Waals surface area contributed by atoms with E-state index >= 15 is 0 Å². The molecule has 3 N–H and O–H groups in total. The Bertz CT molecular complexity index is 913. The monoisotopic (exact) mass is 366 g/mol. The Morgan fingerprint density at radius 2 is 1.87 bits per heavy atom. The highest BCUT2D eigenvalue weighted by Crippen LogP contribution is 2.36. The van der Waals surface area contributed by atoms with Crippen LogP contribution in [-0.4, -0.2) is 15.9 Å². The van der Waals surface area contributed by atoms with Crippen LogP contribution in [0.15, 0.2) is 17.8 Å². The SMILES string of the molecule is Cc1cc(C)c(Cl)c(NC(=O)c2csc3c(N)ncnc23)c1Cl. The van der Waals surface area contributed by atoms with Crippen LogP contribution in [0.3, 0.4) is 0 Å². The summed E-state index contributed by atoms with van der Waals surface area (Å²) in [5.41, 5.74) is 8.79. The average molecular weight is 367 g/mol. The molecule has 8 heteroatoms. The fraction of sp³-hybridized carbons (Fsp3) is 0.133. The molecule has 0 saturated carbocycles. The van der Waals surface area contributed by atoms with Gasteiger partial charge in [-0.3, -0.25) is 4.79 Å². The van der Waals surface area contributed by atoms with Crippen molar-refractivity contribution in [1.29, 1.82) is 0 Å². The van der Waals surface area contributed by atoms with E-state index in [4.69, 9.17) is 28.9 Å². The number of nitrogens with zero attached hydrogens (tertiary/aromatic N) is 2. The van der Waals surface area contributed by atoms with E-state index in [1.54, 1.807) is 5.38 Å². The van der Waals surface area contributed by atoms with Gasteiger partial charge in [0, 0.05) is 5.38 Å². The third kappa shape index (κ3) is 2.73. The van der Waals surface area contributed by atoms with Crippen molar-refractivity contribution in [3.8, 4) is 0 Å². The van der Waals surface area contributed by atoms with Gasteiger partial charge in [-0.1, -0.05) is 29.3 Å². The number of nitrogens with two attached hydrogens (primary N) is 1. The number of benzene rings is 1. The smallest absolute Gasteiger partial charge is 0.258 e. The van der Waals surface area contributed by atoms with Crippen LogP contribution in [0, 0.1) is 13.8 Å². The zero-order chi connectivity index (χ0) is 16.7. The Labute approximate surface area is 146 Å². The number of nitrogen functional groups attached to an aromatic ring is 1. The second kappa shape index (κ2) is 5.96. The molecule has 0 radical (unpaired) electrons. The Morgan fingerprint density at radius 3 is 2.52 bits per heavy atom. The van der Waals surface area contributed by atoms with Crippen molar-refractivity contribution in [2.24, 2.45) is 0 Å². The van der Waals surface area contributed by atoms with Crippen molar-refractivity contribution in [3.63, 3.8) is 0 Å². The quantitative estimate of drug-likeness (QED) is 0.701. The van der Waals surface area contributed by atoms with E-state index in [9.17, 15) is 4.79 Å². The molecule has 1 amide bonds. The Kier molecular flexibility index (Phi) is 4.14. The first-order valence-corrected chi connectivity index (χ1v) is 8.28. The fourth-order valence-electron chi connectivity index (χ4n) is 2.26. The van der Waals surface area contributed by atoms with E-state index in [-0.39, 0.29) is 5.91 Å². The molecule has 0 fully saturated rings. The highest BCUT2D eigenvalue weighted by Gasteiger charge is 2.19. The molecule has 3 aromatic rings. The standard InChI is InChI=1S/C15H12Cl2N4OS/c1-6-3-7(2)10(17)12(9(6)16)21-15(22)8-4-23-13-11(8)19-5-20-14(13)18/h3-5H,1-2H3,(H,21,22)(H2,18,19,20). The molecule has 0 aliphatic heterocycles. The zero-order valence-electron chi connectivity index (χ0n) is 12.3. The predicted octanol–water partition coefficient (Wildman–Crippen LogP) is 4.45. The van der Waals surface area contributed by atoms with E-state index in [0.717, 1.165) is 11.1 Å². The topological polar surface area (TPSA) is 80.9 Å². The van der Waals surface area contributed by atoms with Gasteiger partial charge in [-0.05, 0) is 25.0 Å². The highest BCUT2D eigenvalue weighted by atomic mass is 35.5. The summed E-state index contributed by atoms with van der Waals surface area (Å²) in [6.07, 6.45) is 1.33. The van der Waals surface area contributed by atoms with Gasteiger partial charge in [0.15, 0.2) is 0 Å². The van der Waals surface area contributed by atoms with Gasteiger partial charge in [-0.25, -0.2) is 9.97 Å². The lowest BCUT2D eigenvalue weighted by Crippen LogP contribution is -2.13. The minimum atomic E-state index is -0.344. The van der Waals surface area contributed by atoms with Crippen LogP contribution in [-0.2, 0) is 0 Å². The number of anilines is 2. The number of hydrogen-bond acceptors (Lipinski definition) is 5. The summed E-state index contributed by atoms with van der Waals surface area (Å²) in [6, 6.07) is 1.87. The van der Waals surface area contributed by atoms with E-state index in [2.05, 4.69) is 15.3 Å². The van der Waals surface area contributed by atoms with Crippen LogP contribution in [0.25, 0.3) is 10.2 Å². The fourth-order valence-corrected chi connectivity index (χ4v) is 3.61. The lowest BCUT2D eigenvalue weighted by Gasteiger charge is -2.13. The Morgan fingerprint density at radius 1 is 1.22 bits per heavy atom. The predicted molar refractivity (Wildman–Crippen MR) is 95.7 cm³/mol. The first-order valence-electron chi connectivity index (χ1n) is 6.64. The van der Waals surface area contributed by atoms with Crippen molar-refractivity contribution in [3.05, 3.63) is 44.5 Å². The van der Waals surface area contributed by atoms with E-state index < -0.39 is 0 Å². The summed E-state index contributed by atoms with van der Waals surface area (Å²) in [7, 11) is 0. The van der Waals surface area contributed by atoms with Gasteiger partial charge < -0.3 is 11.1 Å². The third-order valence-corrected chi connectivity index (χ3v) is 5.39. The van der Waals surface area contributed by atoms with Gasteiger partial charge in [0.25, 0.3) is 5.91 Å². The van der Waals surface area contributed by atoms with Crippen LogP contribution >= 0.6 is 34.5 Å². The lowest BCUT2D eigenvalue weighted by atomic mass is 10.1. The van der Waals surface area contributed by atoms with Gasteiger partial charge in [0.2, 0.25) is 0 Å². The van der Waals surface area contributed by atoms with Crippen molar-refractivity contribution < 1.29 is 4.79 Å². The highest BCUT2D eigenvalue weighted by molar-refractivity contribution is 7.18. The first kappa shape index (κ1) is 16.0. The largest absolute Gasteiger partial charge is 0.382 e. The maximum atomic E-state index is 12.6. The van der Waals surface area contributed by atoms with E-state index in [1.165, 1.54) is 17.7 Å². The molecule has 5 nitrogen and oxygen atoms in total. The number of halogens is 2. The number of nitrogens with one attached hydrogen (secondary N) is 1. The number of carbonyl (C=O) groups excluding carboxylic acids is 1. The van der Waals surface area contributed by atoms with Gasteiger partial charge >= 0.3 is 0 Å². The van der Waals surface area contributed by atoms with Crippen LogP contribution in [0.1, 0.15) is 21.5 Å². The molecule has 0 aliphatic rings. The number of aryl methyl sites for hydroxylation is 2. The van der Waals surface area contributed by atoms with E-state index in [0.29, 0.717) is 37.3 Å². The third-order valence-electron chi connectivity index (χ3n) is 3.43. The molecule has 2 heterocycles. The summed E-state index contributed by atoms with van der Waals surface area (Å²) in [6.45, 7) is 3.71. The van der Waals surface area contributed by atoms with Crippen molar-refractivity contribution >= 4 is 62.2 Å². The molecule has 23 heavy (non-hydrogen) atoms. The van der Waals surface area contributed by atoms with Crippen molar-refractivity contribution in [2.75, 3.05) is 11.1 Å². The minimum Gasteiger partial charge on any atom is -0.382 e. The molecule has 0 saturated heterocycles. The molecule has 0 spiro atoms. The first-order chi connectivity index (χ1) is 10.9. The normalized spacial score (nSPS) is 11.0. The molecule has 0 atom stereocenters. The molecular formula is C15H12Cl2N4OS. The molecule has 0 unspecified atom stereocenters. The van der Waals surface area contributed by atoms with Crippen molar-refractivity contribution in [1.82, 2.24) is 9.97 Å². The van der Waals surface area contributed by atoms with Gasteiger partial charge in [-0.2, -0.15) is 0 Å². The molecule has 118 valence electrons. The lowest BCUT2D eigenvalue weighted by molar-refractivity contribution is 0.102. The number of hydrogen-bond donors (Lipinski definition) is 2. The summed E-state index contributed by atoms with van der Waals surface area (Å²) >= 11 is 13.9.